The van der Waals surface area contributed by atoms with E-state index in [1.54, 1.807) is 0 Å². The van der Waals surface area contributed by atoms with Crippen molar-refractivity contribution in [2.24, 2.45) is 0 Å². The fourth-order valence-corrected chi connectivity index (χ4v) is 2.24. The second-order valence-corrected chi connectivity index (χ2v) is 6.55. The van der Waals surface area contributed by atoms with Crippen LogP contribution in [0.2, 0.25) is 0 Å². The van der Waals surface area contributed by atoms with Gasteiger partial charge in [0.15, 0.2) is 12.2 Å². The monoisotopic (exact) mass is 465 g/mol. The largest absolute Gasteiger partial charge is 0.480 e. The highest BCUT2D eigenvalue weighted by atomic mass is 16.4. The van der Waals surface area contributed by atoms with Crippen molar-refractivity contribution in [2.45, 2.75) is 56.1 Å². The van der Waals surface area contributed by atoms with Crippen LogP contribution in [-0.2, 0) is 28.8 Å². The second-order valence-electron chi connectivity index (χ2n) is 6.55. The van der Waals surface area contributed by atoms with Gasteiger partial charge in [0, 0.05) is 32.4 Å². The highest BCUT2D eigenvalue weighted by molar-refractivity contribution is 5.85. The van der Waals surface area contributed by atoms with Crippen molar-refractivity contribution >= 4 is 35.9 Å². The maximum atomic E-state index is 11.7. The van der Waals surface area contributed by atoms with E-state index in [1.807, 2.05) is 0 Å². The molecule has 0 aromatic rings. The first-order valence-corrected chi connectivity index (χ1v) is 9.37. The van der Waals surface area contributed by atoms with Gasteiger partial charge in [-0.15, -0.1) is 0 Å². The smallest absolute Gasteiger partial charge is 0.335 e. The molecule has 0 unspecified atom stereocenters. The van der Waals surface area contributed by atoms with Crippen molar-refractivity contribution in [3.63, 3.8) is 0 Å². The number of carboxylic acid groups (broad SMARTS) is 2. The number of hydrogen-bond acceptors (Lipinski definition) is 10. The molecule has 0 rings (SSSR count). The Morgan fingerprint density at radius 3 is 1.81 bits per heavy atom. The van der Waals surface area contributed by atoms with E-state index in [1.165, 1.54) is 0 Å². The van der Waals surface area contributed by atoms with E-state index in [9.17, 15) is 44.1 Å². The molecule has 0 radical (unpaired) electrons. The van der Waals surface area contributed by atoms with E-state index in [0.29, 0.717) is 6.29 Å². The zero-order valence-corrected chi connectivity index (χ0v) is 16.8. The number of carbonyl (C=O) groups excluding carboxylic acids is 4. The minimum absolute atomic E-state index is 0.0511. The number of aldehydes is 1. The lowest BCUT2D eigenvalue weighted by Gasteiger charge is -2.23. The summed E-state index contributed by atoms with van der Waals surface area (Å²) in [5.41, 5.74) is 0. The average Bonchev–Trinajstić information content (AvgIpc) is 2.73. The van der Waals surface area contributed by atoms with Crippen molar-refractivity contribution in [2.75, 3.05) is 13.1 Å². The zero-order chi connectivity index (χ0) is 24.8. The van der Waals surface area contributed by atoms with Crippen LogP contribution < -0.4 is 16.0 Å². The topological polar surface area (TPSA) is 260 Å². The van der Waals surface area contributed by atoms with Crippen LogP contribution in [0.1, 0.15) is 25.7 Å². The number of nitrogens with one attached hydrogen (secondary N) is 3. The fraction of sp³-hybridized carbons (Fsp3) is 0.647. The first kappa shape index (κ1) is 28.9. The Labute approximate surface area is 181 Å². The summed E-state index contributed by atoms with van der Waals surface area (Å²) in [6, 6.07) is -1.24. The molecular weight excluding hydrogens is 438 g/mol. The van der Waals surface area contributed by atoms with Crippen LogP contribution in [0.15, 0.2) is 0 Å². The molecule has 9 N–H and O–H groups in total. The molecule has 0 heterocycles. The number of carbonyl (C=O) groups is 6. The Bertz CT molecular complexity index is 686. The molecule has 0 saturated carbocycles. The molecule has 0 spiro atoms. The van der Waals surface area contributed by atoms with E-state index in [-0.39, 0.29) is 38.8 Å². The molecule has 0 saturated heterocycles. The lowest BCUT2D eigenvalue weighted by molar-refractivity contribution is -0.166. The maximum absolute atomic E-state index is 11.7. The quantitative estimate of drug-likeness (QED) is 0.0971. The number of aliphatic hydroxyl groups is 4. The molecule has 32 heavy (non-hydrogen) atoms. The number of hydrogen-bond donors (Lipinski definition) is 9. The van der Waals surface area contributed by atoms with Gasteiger partial charge in [0.2, 0.25) is 11.8 Å². The predicted octanol–water partition coefficient (Wildman–Crippen LogP) is -4.92. The van der Waals surface area contributed by atoms with Gasteiger partial charge in [0.25, 0.3) is 5.91 Å². The highest BCUT2D eigenvalue weighted by Gasteiger charge is 2.37. The zero-order valence-electron chi connectivity index (χ0n) is 16.8. The van der Waals surface area contributed by atoms with Crippen LogP contribution in [0.25, 0.3) is 0 Å². The van der Waals surface area contributed by atoms with Gasteiger partial charge >= 0.3 is 11.9 Å². The first-order chi connectivity index (χ1) is 14.9. The number of rotatable bonds is 16. The van der Waals surface area contributed by atoms with Crippen LogP contribution in [0.5, 0.6) is 0 Å². The fourth-order valence-electron chi connectivity index (χ4n) is 2.24. The van der Waals surface area contributed by atoms with Crippen LogP contribution in [0.4, 0.5) is 0 Å². The van der Waals surface area contributed by atoms with Crippen molar-refractivity contribution in [1.29, 1.82) is 0 Å². The van der Waals surface area contributed by atoms with Crippen molar-refractivity contribution in [3.8, 4) is 0 Å². The van der Waals surface area contributed by atoms with Crippen molar-refractivity contribution in [3.05, 3.63) is 0 Å². The van der Waals surface area contributed by atoms with Crippen molar-refractivity contribution < 1.29 is 59.4 Å². The summed E-state index contributed by atoms with van der Waals surface area (Å²) in [6.45, 7) is -0.482. The Morgan fingerprint density at radius 2 is 1.28 bits per heavy atom. The third-order valence-electron chi connectivity index (χ3n) is 4.05. The van der Waals surface area contributed by atoms with Gasteiger partial charge in [-0.25, -0.2) is 9.59 Å². The summed E-state index contributed by atoms with van der Waals surface area (Å²) in [6.07, 6.45) is -9.56. The Hall–Kier alpha value is -3.14. The lowest BCUT2D eigenvalue weighted by atomic mass is 10.0. The standard InChI is InChI=1S/C17H27N3O12/c21-7-1-2-8(16(29)30)20-10(23)4-5-18-9(22)3-6-19-15(28)13(26)11(24)12(25)14(27)17(31)32/h7-8,11-14,24-27H,1-6H2,(H,18,22)(H,19,28)(H,20,23)(H,29,30)(H,31,32)/t8-,11+,12-,13-,14+/m0/s1. The molecule has 0 aliphatic rings. The molecule has 15 nitrogen and oxygen atoms in total. The SMILES string of the molecule is O=CCC[C@H](NC(=O)CCNC(=O)CCNC(=O)[C@@H](O)[C@H](O)[C@H](O)[C@@H](O)C(=O)O)C(=O)O. The molecule has 0 aromatic heterocycles. The first-order valence-electron chi connectivity index (χ1n) is 9.37. The minimum Gasteiger partial charge on any atom is -0.480 e. The molecule has 0 aliphatic carbocycles. The van der Waals surface area contributed by atoms with Crippen LogP contribution in [0, 0.1) is 0 Å². The van der Waals surface area contributed by atoms with E-state index >= 15 is 0 Å². The van der Waals surface area contributed by atoms with Gasteiger partial charge in [-0.3, -0.25) is 14.4 Å². The molecule has 0 fully saturated rings. The van der Waals surface area contributed by atoms with Gasteiger partial charge in [-0.05, 0) is 6.42 Å². The lowest BCUT2D eigenvalue weighted by Crippen LogP contribution is -2.52. The Kier molecular flexibility index (Phi) is 13.3. The van der Waals surface area contributed by atoms with Gasteiger partial charge in [-0.1, -0.05) is 0 Å². The Balaban J connectivity index is 4.25. The second kappa shape index (κ2) is 14.8. The number of carboxylic acids is 2. The molecule has 0 aromatic carbocycles. The van der Waals surface area contributed by atoms with E-state index in [2.05, 4.69) is 16.0 Å². The summed E-state index contributed by atoms with van der Waals surface area (Å²) in [5.74, 6) is -5.72. The highest BCUT2D eigenvalue weighted by Crippen LogP contribution is 2.06. The van der Waals surface area contributed by atoms with E-state index < -0.39 is 60.1 Å². The third kappa shape index (κ3) is 10.8. The van der Waals surface area contributed by atoms with Crippen LogP contribution in [-0.4, -0.2) is 110 Å². The van der Waals surface area contributed by atoms with E-state index in [4.69, 9.17) is 15.3 Å². The number of amides is 3. The van der Waals surface area contributed by atoms with Gasteiger partial charge in [-0.2, -0.15) is 0 Å². The molecule has 5 atom stereocenters. The average molecular weight is 465 g/mol. The van der Waals surface area contributed by atoms with Gasteiger partial charge in [0.1, 0.15) is 24.5 Å². The summed E-state index contributed by atoms with van der Waals surface area (Å²) in [4.78, 5) is 66.8. The van der Waals surface area contributed by atoms with Crippen molar-refractivity contribution in [1.82, 2.24) is 16.0 Å². The summed E-state index contributed by atoms with van der Waals surface area (Å²) >= 11 is 0. The minimum atomic E-state index is -2.44. The number of aliphatic carboxylic acids is 2. The van der Waals surface area contributed by atoms with Gasteiger partial charge < -0.3 is 51.4 Å². The predicted molar refractivity (Wildman–Crippen MR) is 102 cm³/mol. The molecule has 0 aliphatic heterocycles. The molecular formula is C17H27N3O12. The molecule has 182 valence electrons. The molecule has 0 bridgehead atoms. The Morgan fingerprint density at radius 1 is 0.750 bits per heavy atom. The molecule has 3 amide bonds. The van der Waals surface area contributed by atoms with Gasteiger partial charge in [0.05, 0.1) is 0 Å². The number of aliphatic hydroxyl groups excluding tert-OH is 4. The van der Waals surface area contributed by atoms with E-state index in [0.717, 1.165) is 0 Å². The van der Waals surface area contributed by atoms with Crippen LogP contribution in [0.3, 0.4) is 0 Å². The maximum Gasteiger partial charge on any atom is 0.335 e. The summed E-state index contributed by atoms with van der Waals surface area (Å²) in [5, 5.41) is 61.7. The normalized spacial score (nSPS) is 15.4. The summed E-state index contributed by atoms with van der Waals surface area (Å²) < 4.78 is 0. The summed E-state index contributed by atoms with van der Waals surface area (Å²) in [7, 11) is 0. The molecule has 15 heteroatoms. The third-order valence-corrected chi connectivity index (χ3v) is 4.05. The van der Waals surface area contributed by atoms with Crippen LogP contribution >= 0.6 is 0 Å².